The third-order valence-electron chi connectivity index (χ3n) is 0.863. The van der Waals surface area contributed by atoms with Crippen molar-refractivity contribution in [2.75, 3.05) is 0 Å². The van der Waals surface area contributed by atoms with Crippen molar-refractivity contribution in [2.24, 2.45) is 0 Å². The van der Waals surface area contributed by atoms with Gasteiger partial charge in [-0.1, -0.05) is 11.6 Å². The number of halogens is 1. The van der Waals surface area contributed by atoms with E-state index in [-0.39, 0.29) is 40.2 Å². The molecule has 1 heterocycles. The molecule has 0 unspecified atom stereocenters. The molecule has 0 aliphatic heterocycles. The summed E-state index contributed by atoms with van der Waals surface area (Å²) in [6.45, 7) is 0. The van der Waals surface area contributed by atoms with Crippen LogP contribution in [0.3, 0.4) is 0 Å². The van der Waals surface area contributed by atoms with E-state index in [0.717, 1.165) is 11.3 Å². The Bertz CT molecular complexity index is 336. The van der Waals surface area contributed by atoms with E-state index in [0.29, 0.717) is 0 Å². The molecule has 0 saturated carbocycles. The van der Waals surface area contributed by atoms with E-state index in [2.05, 4.69) is 0 Å². The van der Waals surface area contributed by atoms with Crippen LogP contribution < -0.4 is 29.6 Å². The molecule has 1 aromatic heterocycles. The van der Waals surface area contributed by atoms with Gasteiger partial charge in [-0.25, -0.2) is 0 Å². The maximum absolute atomic E-state index is 10.4. The zero-order valence-corrected chi connectivity index (χ0v) is 10.0. The first-order valence-corrected chi connectivity index (χ1v) is 4.92. The van der Waals surface area contributed by atoms with Gasteiger partial charge in [0.2, 0.25) is 0 Å². The van der Waals surface area contributed by atoms with E-state index >= 15 is 0 Å². The molecule has 0 radical (unpaired) electrons. The van der Waals surface area contributed by atoms with Gasteiger partial charge in [0.05, 0.1) is 0 Å². The normalized spacial score (nSPS) is 10.7. The van der Waals surface area contributed by atoms with Gasteiger partial charge in [-0.3, -0.25) is 4.55 Å². The predicted molar refractivity (Wildman–Crippen MR) is 40.3 cm³/mol. The summed E-state index contributed by atoms with van der Waals surface area (Å²) in [5.41, 5.74) is 0. The van der Waals surface area contributed by atoms with Crippen LogP contribution in [0, 0.1) is 0 Å². The standard InChI is InChI=1S/C4H3ClO3S2.Na.H/c5-4-3(1-2-9-4)10(6,7)8;;/h1-2H,(H,6,7,8);;/q;+1;-1. The van der Waals surface area contributed by atoms with Crippen molar-refractivity contribution >= 4 is 33.1 Å². The van der Waals surface area contributed by atoms with Crippen molar-refractivity contribution in [1.29, 1.82) is 0 Å². The average Bonchev–Trinajstić information content (AvgIpc) is 2.11. The second-order valence-corrected chi connectivity index (χ2v) is 4.44. The molecule has 0 fully saturated rings. The largest absolute Gasteiger partial charge is 1.00 e. The Balaban J connectivity index is 0. The van der Waals surface area contributed by atoms with E-state index in [1.165, 1.54) is 11.4 Å². The maximum Gasteiger partial charge on any atom is 1.00 e. The van der Waals surface area contributed by atoms with E-state index in [1.54, 1.807) is 0 Å². The molecule has 58 valence electrons. The molecule has 1 N–H and O–H groups in total. The summed E-state index contributed by atoms with van der Waals surface area (Å²) in [6.07, 6.45) is 0. The third-order valence-corrected chi connectivity index (χ3v) is 3.17. The molecule has 1 rings (SSSR count). The Morgan fingerprint density at radius 2 is 2.18 bits per heavy atom. The van der Waals surface area contributed by atoms with Crippen molar-refractivity contribution in [3.8, 4) is 0 Å². The van der Waals surface area contributed by atoms with Gasteiger partial charge in [-0.2, -0.15) is 8.42 Å². The molecule has 11 heavy (non-hydrogen) atoms. The minimum absolute atomic E-state index is 0. The number of hydrogen-bond acceptors (Lipinski definition) is 3. The molecule has 0 aliphatic carbocycles. The van der Waals surface area contributed by atoms with Crippen LogP contribution >= 0.6 is 22.9 Å². The van der Waals surface area contributed by atoms with Gasteiger partial charge < -0.3 is 1.43 Å². The zero-order chi connectivity index (χ0) is 7.78. The van der Waals surface area contributed by atoms with Crippen LogP contribution in [0.15, 0.2) is 16.3 Å². The van der Waals surface area contributed by atoms with Gasteiger partial charge >= 0.3 is 29.6 Å². The molecule has 0 aromatic carbocycles. The van der Waals surface area contributed by atoms with Crippen LogP contribution in [0.25, 0.3) is 0 Å². The van der Waals surface area contributed by atoms with Crippen molar-refractivity contribution < 1.29 is 44.0 Å². The van der Waals surface area contributed by atoms with Gasteiger partial charge in [-0.05, 0) is 11.4 Å². The Morgan fingerprint density at radius 1 is 1.64 bits per heavy atom. The first-order chi connectivity index (χ1) is 4.52. The van der Waals surface area contributed by atoms with Gasteiger partial charge in [0.15, 0.2) is 0 Å². The van der Waals surface area contributed by atoms with Crippen molar-refractivity contribution in [3.05, 3.63) is 15.8 Å². The van der Waals surface area contributed by atoms with E-state index in [9.17, 15) is 8.42 Å². The van der Waals surface area contributed by atoms with Gasteiger partial charge in [0.1, 0.15) is 9.23 Å². The minimum atomic E-state index is -4.11. The summed E-state index contributed by atoms with van der Waals surface area (Å²) < 4.78 is 29.3. The predicted octanol–water partition coefficient (Wildman–Crippen LogP) is -1.24. The van der Waals surface area contributed by atoms with Crippen molar-refractivity contribution in [2.45, 2.75) is 4.90 Å². The van der Waals surface area contributed by atoms with Crippen LogP contribution in [0.2, 0.25) is 4.34 Å². The fourth-order valence-electron chi connectivity index (χ4n) is 0.467. The summed E-state index contributed by atoms with van der Waals surface area (Å²) in [4.78, 5) is -0.223. The summed E-state index contributed by atoms with van der Waals surface area (Å²) in [5.74, 6) is 0. The summed E-state index contributed by atoms with van der Waals surface area (Å²) in [7, 11) is -4.11. The second kappa shape index (κ2) is 4.23. The minimum Gasteiger partial charge on any atom is -1.00 e. The second-order valence-electron chi connectivity index (χ2n) is 1.53. The fourth-order valence-corrected chi connectivity index (χ4v) is 2.47. The molecule has 0 aliphatic rings. The molecular formula is C4H4ClNaO3S2. The topological polar surface area (TPSA) is 54.4 Å². The summed E-state index contributed by atoms with van der Waals surface area (Å²) in [5, 5.41) is 1.49. The molecule has 1 aromatic rings. The molecule has 0 spiro atoms. The molecule has 0 amide bonds. The van der Waals surface area contributed by atoms with E-state index in [4.69, 9.17) is 16.2 Å². The zero-order valence-electron chi connectivity index (χ0n) is 6.61. The van der Waals surface area contributed by atoms with E-state index < -0.39 is 10.1 Å². The molecule has 3 nitrogen and oxygen atoms in total. The first kappa shape index (κ1) is 11.9. The van der Waals surface area contributed by atoms with Crippen molar-refractivity contribution in [3.63, 3.8) is 0 Å². The summed E-state index contributed by atoms with van der Waals surface area (Å²) >= 11 is 6.46. The fraction of sp³-hybridized carbons (Fsp3) is 0. The Kier molecular flexibility index (Phi) is 4.57. The molecule has 0 saturated heterocycles. The SMILES string of the molecule is O=S(=O)(O)c1ccsc1Cl.[H-].[Na+]. The molecule has 7 heteroatoms. The third kappa shape index (κ3) is 3.02. The monoisotopic (exact) mass is 222 g/mol. The van der Waals surface area contributed by atoms with Crippen LogP contribution in [0.1, 0.15) is 1.43 Å². The van der Waals surface area contributed by atoms with Crippen LogP contribution in [0.5, 0.6) is 0 Å². The van der Waals surface area contributed by atoms with Crippen LogP contribution in [-0.4, -0.2) is 13.0 Å². The quantitative estimate of drug-likeness (QED) is 0.478. The number of thiophene rings is 1. The van der Waals surface area contributed by atoms with Crippen molar-refractivity contribution in [1.82, 2.24) is 0 Å². The average molecular weight is 223 g/mol. The smallest absolute Gasteiger partial charge is 1.00 e. The van der Waals surface area contributed by atoms with E-state index in [1.807, 2.05) is 0 Å². The number of rotatable bonds is 1. The van der Waals surface area contributed by atoms with Gasteiger partial charge in [-0.15, -0.1) is 11.3 Å². The Labute approximate surface area is 96.9 Å². The Morgan fingerprint density at radius 3 is 2.36 bits per heavy atom. The number of hydrogen-bond donors (Lipinski definition) is 1. The summed E-state index contributed by atoms with van der Waals surface area (Å²) in [6, 6.07) is 1.25. The molecule has 0 bridgehead atoms. The van der Waals surface area contributed by atoms with Gasteiger partial charge in [0.25, 0.3) is 10.1 Å². The van der Waals surface area contributed by atoms with Crippen LogP contribution in [-0.2, 0) is 10.1 Å². The first-order valence-electron chi connectivity index (χ1n) is 2.22. The van der Waals surface area contributed by atoms with Gasteiger partial charge in [0, 0.05) is 0 Å². The Hall–Kier alpha value is 0.900. The molecule has 0 atom stereocenters. The van der Waals surface area contributed by atoms with Crippen LogP contribution in [0.4, 0.5) is 0 Å². The molecular weight excluding hydrogens is 219 g/mol. The maximum atomic E-state index is 10.4.